The molecule has 0 aliphatic rings. The fraction of sp³-hybridized carbons (Fsp3) is 0.625. The van der Waals surface area contributed by atoms with Crippen LogP contribution in [0.4, 0.5) is 0 Å². The van der Waals surface area contributed by atoms with Crippen LogP contribution in [0.3, 0.4) is 0 Å². The molecule has 1 aromatic rings. The van der Waals surface area contributed by atoms with Gasteiger partial charge in [0.05, 0.1) is 10.6 Å². The van der Waals surface area contributed by atoms with Crippen LogP contribution in [0, 0.1) is 0 Å². The SMILES string of the molecule is CCC(O)(CC)COc1c(Cl)cccc1CNC(C)C. The summed E-state index contributed by atoms with van der Waals surface area (Å²) in [4.78, 5) is 0. The van der Waals surface area contributed by atoms with Gasteiger partial charge >= 0.3 is 0 Å². The van der Waals surface area contributed by atoms with E-state index in [9.17, 15) is 5.11 Å². The Bertz CT molecular complexity index is 417. The molecule has 0 aliphatic carbocycles. The highest BCUT2D eigenvalue weighted by atomic mass is 35.5. The minimum Gasteiger partial charge on any atom is -0.489 e. The first-order valence-electron chi connectivity index (χ1n) is 7.27. The minimum atomic E-state index is -0.790. The van der Waals surface area contributed by atoms with Crippen molar-refractivity contribution in [2.24, 2.45) is 0 Å². The van der Waals surface area contributed by atoms with Gasteiger partial charge in [-0.2, -0.15) is 0 Å². The van der Waals surface area contributed by atoms with E-state index in [1.54, 1.807) is 0 Å². The van der Waals surface area contributed by atoms with E-state index >= 15 is 0 Å². The largest absolute Gasteiger partial charge is 0.489 e. The third kappa shape index (κ3) is 4.97. The lowest BCUT2D eigenvalue weighted by Gasteiger charge is -2.26. The molecular formula is C16H26ClNO2. The third-order valence-corrected chi connectivity index (χ3v) is 3.85. The maximum atomic E-state index is 10.3. The molecular weight excluding hydrogens is 274 g/mol. The molecule has 1 aromatic carbocycles. The highest BCUT2D eigenvalue weighted by Crippen LogP contribution is 2.30. The molecule has 20 heavy (non-hydrogen) atoms. The highest BCUT2D eigenvalue weighted by molar-refractivity contribution is 6.32. The van der Waals surface area contributed by atoms with Crippen LogP contribution in [0.25, 0.3) is 0 Å². The standard InChI is InChI=1S/C16H26ClNO2/c1-5-16(19,6-2)11-20-15-13(10-18-12(3)4)8-7-9-14(15)17/h7-9,12,18-19H,5-6,10-11H2,1-4H3. The molecule has 1 rings (SSSR count). The Morgan fingerprint density at radius 2 is 1.95 bits per heavy atom. The molecule has 0 aliphatic heterocycles. The number of hydrogen-bond donors (Lipinski definition) is 2. The molecule has 0 amide bonds. The summed E-state index contributed by atoms with van der Waals surface area (Å²) in [6.07, 6.45) is 1.32. The fourth-order valence-corrected chi connectivity index (χ4v) is 2.08. The first-order valence-corrected chi connectivity index (χ1v) is 7.65. The molecule has 0 saturated heterocycles. The van der Waals surface area contributed by atoms with Crippen LogP contribution in [-0.4, -0.2) is 23.4 Å². The van der Waals surface area contributed by atoms with Crippen LogP contribution in [0.2, 0.25) is 5.02 Å². The summed E-state index contributed by atoms with van der Waals surface area (Å²) < 4.78 is 5.83. The molecule has 4 heteroatoms. The van der Waals surface area contributed by atoms with Crippen LogP contribution in [-0.2, 0) is 6.54 Å². The van der Waals surface area contributed by atoms with Gasteiger partial charge < -0.3 is 15.2 Å². The van der Waals surface area contributed by atoms with Crippen LogP contribution in [0.1, 0.15) is 46.1 Å². The second-order valence-electron chi connectivity index (χ2n) is 5.48. The molecule has 0 fully saturated rings. The number of nitrogens with one attached hydrogen (secondary N) is 1. The first-order chi connectivity index (χ1) is 9.41. The maximum absolute atomic E-state index is 10.3. The van der Waals surface area contributed by atoms with Crippen molar-refractivity contribution in [2.45, 2.75) is 58.7 Å². The summed E-state index contributed by atoms with van der Waals surface area (Å²) in [5, 5.41) is 14.2. The summed E-state index contributed by atoms with van der Waals surface area (Å²) in [6, 6.07) is 6.11. The first kappa shape index (κ1) is 17.3. The lowest BCUT2D eigenvalue weighted by Crippen LogP contribution is -2.34. The number of ether oxygens (including phenoxy) is 1. The van der Waals surface area contributed by atoms with Crippen LogP contribution >= 0.6 is 11.6 Å². The van der Waals surface area contributed by atoms with Gasteiger partial charge in [0.25, 0.3) is 0 Å². The van der Waals surface area contributed by atoms with Crippen molar-refractivity contribution in [3.05, 3.63) is 28.8 Å². The van der Waals surface area contributed by atoms with Crippen LogP contribution < -0.4 is 10.1 Å². The van der Waals surface area contributed by atoms with Crippen molar-refractivity contribution in [3.8, 4) is 5.75 Å². The zero-order valence-electron chi connectivity index (χ0n) is 12.9. The van der Waals surface area contributed by atoms with Crippen molar-refractivity contribution in [1.29, 1.82) is 0 Å². The molecule has 0 bridgehead atoms. The Morgan fingerprint density at radius 1 is 1.30 bits per heavy atom. The second-order valence-corrected chi connectivity index (χ2v) is 5.89. The average Bonchev–Trinajstić information content (AvgIpc) is 2.43. The number of benzene rings is 1. The van der Waals surface area contributed by atoms with E-state index in [1.807, 2.05) is 32.0 Å². The Morgan fingerprint density at radius 3 is 2.50 bits per heavy atom. The zero-order chi connectivity index (χ0) is 15.2. The number of hydrogen-bond acceptors (Lipinski definition) is 3. The van der Waals surface area contributed by atoms with E-state index in [2.05, 4.69) is 19.2 Å². The summed E-state index contributed by atoms with van der Waals surface area (Å²) in [5.41, 5.74) is 0.225. The van der Waals surface area contributed by atoms with Crippen molar-refractivity contribution < 1.29 is 9.84 Å². The highest BCUT2D eigenvalue weighted by Gasteiger charge is 2.24. The quantitative estimate of drug-likeness (QED) is 0.768. The zero-order valence-corrected chi connectivity index (χ0v) is 13.6. The van der Waals surface area contributed by atoms with E-state index in [0.717, 1.165) is 5.56 Å². The predicted octanol–water partition coefficient (Wildman–Crippen LogP) is 3.77. The van der Waals surface area contributed by atoms with Crippen molar-refractivity contribution in [2.75, 3.05) is 6.61 Å². The van der Waals surface area contributed by atoms with Gasteiger partial charge in [-0.15, -0.1) is 0 Å². The van der Waals surface area contributed by atoms with Gasteiger partial charge in [-0.05, 0) is 18.9 Å². The second kappa shape index (κ2) is 7.87. The molecule has 114 valence electrons. The summed E-state index contributed by atoms with van der Waals surface area (Å²) in [7, 11) is 0. The summed E-state index contributed by atoms with van der Waals surface area (Å²) >= 11 is 6.23. The van der Waals surface area contributed by atoms with E-state index in [-0.39, 0.29) is 6.61 Å². The van der Waals surface area contributed by atoms with Crippen molar-refractivity contribution in [1.82, 2.24) is 5.32 Å². The molecule has 0 atom stereocenters. The Hall–Kier alpha value is -0.770. The summed E-state index contributed by atoms with van der Waals surface area (Å²) in [6.45, 7) is 9.07. The number of halogens is 1. The molecule has 0 spiro atoms. The number of aliphatic hydroxyl groups is 1. The topological polar surface area (TPSA) is 41.5 Å². The van der Waals surface area contributed by atoms with Crippen LogP contribution in [0.5, 0.6) is 5.75 Å². The number of para-hydroxylation sites is 1. The smallest absolute Gasteiger partial charge is 0.142 e. The molecule has 0 saturated carbocycles. The van der Waals surface area contributed by atoms with Gasteiger partial charge in [0, 0.05) is 18.2 Å². The monoisotopic (exact) mass is 299 g/mol. The fourth-order valence-electron chi connectivity index (χ4n) is 1.83. The third-order valence-electron chi connectivity index (χ3n) is 3.55. The van der Waals surface area contributed by atoms with Crippen LogP contribution in [0.15, 0.2) is 18.2 Å². The van der Waals surface area contributed by atoms with Gasteiger partial charge in [-0.25, -0.2) is 0 Å². The van der Waals surface area contributed by atoms with E-state index in [1.165, 1.54) is 0 Å². The Balaban J connectivity index is 2.82. The molecule has 3 nitrogen and oxygen atoms in total. The van der Waals surface area contributed by atoms with Gasteiger partial charge in [0.1, 0.15) is 12.4 Å². The molecule has 0 unspecified atom stereocenters. The average molecular weight is 300 g/mol. The number of rotatable bonds is 8. The summed E-state index contributed by atoms with van der Waals surface area (Å²) in [5.74, 6) is 0.669. The van der Waals surface area contributed by atoms with Gasteiger partial charge in [0.2, 0.25) is 0 Å². The molecule has 0 radical (unpaired) electrons. The predicted molar refractivity (Wildman–Crippen MR) is 84.5 cm³/mol. The minimum absolute atomic E-state index is 0.262. The van der Waals surface area contributed by atoms with E-state index < -0.39 is 5.60 Å². The van der Waals surface area contributed by atoms with Crippen molar-refractivity contribution in [3.63, 3.8) is 0 Å². The van der Waals surface area contributed by atoms with Gasteiger partial charge in [-0.3, -0.25) is 0 Å². The van der Waals surface area contributed by atoms with Crippen molar-refractivity contribution >= 4 is 11.6 Å². The Kier molecular flexibility index (Phi) is 6.80. The Labute approximate surface area is 127 Å². The van der Waals surface area contributed by atoms with Gasteiger partial charge in [0.15, 0.2) is 0 Å². The molecule has 2 N–H and O–H groups in total. The lowest BCUT2D eigenvalue weighted by atomic mass is 9.99. The maximum Gasteiger partial charge on any atom is 0.142 e. The lowest BCUT2D eigenvalue weighted by molar-refractivity contribution is -0.0115. The van der Waals surface area contributed by atoms with E-state index in [4.69, 9.17) is 16.3 Å². The normalized spacial score (nSPS) is 11.9. The molecule has 0 aromatic heterocycles. The van der Waals surface area contributed by atoms with E-state index in [0.29, 0.717) is 36.2 Å². The molecule has 0 heterocycles. The van der Waals surface area contributed by atoms with Gasteiger partial charge in [-0.1, -0.05) is 51.4 Å².